The Balaban J connectivity index is 1.63. The van der Waals surface area contributed by atoms with E-state index in [4.69, 9.17) is 0 Å². The number of amides is 1. The van der Waals surface area contributed by atoms with Gasteiger partial charge in [-0.3, -0.25) is 4.79 Å². The van der Waals surface area contributed by atoms with E-state index in [0.717, 1.165) is 50.2 Å². The second-order valence-corrected chi connectivity index (χ2v) is 7.29. The van der Waals surface area contributed by atoms with E-state index in [9.17, 15) is 4.79 Å². The molecule has 0 atom stereocenters. The Bertz CT molecular complexity index is 746. The van der Waals surface area contributed by atoms with Crippen LogP contribution in [0.3, 0.4) is 0 Å². The summed E-state index contributed by atoms with van der Waals surface area (Å²) in [5.74, 6) is 0.131. The first-order chi connectivity index (χ1) is 13.2. The number of piperidine rings is 1. The van der Waals surface area contributed by atoms with Crippen molar-refractivity contribution in [3.8, 4) is 0 Å². The fraction of sp³-hybridized carbons (Fsp3) is 0.375. The van der Waals surface area contributed by atoms with Crippen LogP contribution in [0.2, 0.25) is 0 Å². The minimum Gasteiger partial charge on any atom is -0.306 e. The zero-order valence-electron chi connectivity index (χ0n) is 16.5. The third-order valence-corrected chi connectivity index (χ3v) is 5.51. The minimum absolute atomic E-state index is 0.131. The summed E-state index contributed by atoms with van der Waals surface area (Å²) in [5, 5.41) is 0. The van der Waals surface area contributed by atoms with Crippen LogP contribution in [-0.4, -0.2) is 36.5 Å². The molecule has 3 nitrogen and oxygen atoms in total. The van der Waals surface area contributed by atoms with Crippen LogP contribution in [0.1, 0.15) is 32.3 Å². The van der Waals surface area contributed by atoms with E-state index in [1.807, 2.05) is 55.2 Å². The summed E-state index contributed by atoms with van der Waals surface area (Å²) in [6.07, 6.45) is 5.04. The first kappa shape index (κ1) is 19.4. The molecule has 0 radical (unpaired) electrons. The summed E-state index contributed by atoms with van der Waals surface area (Å²) in [4.78, 5) is 17.6. The SMILES string of the molecule is C/C=C(\C)C(=O)N(c1ccccc1)C1CCN(CCc2ccccc2)CC1. The first-order valence-electron chi connectivity index (χ1n) is 9.97. The van der Waals surface area contributed by atoms with Crippen LogP contribution in [0.5, 0.6) is 0 Å². The molecule has 0 unspecified atom stereocenters. The number of likely N-dealkylation sites (tertiary alicyclic amines) is 1. The summed E-state index contributed by atoms with van der Waals surface area (Å²) in [7, 11) is 0. The average molecular weight is 363 g/mol. The van der Waals surface area contributed by atoms with Crippen molar-refractivity contribution in [1.29, 1.82) is 0 Å². The van der Waals surface area contributed by atoms with Gasteiger partial charge < -0.3 is 9.80 Å². The van der Waals surface area contributed by atoms with E-state index in [1.165, 1.54) is 5.56 Å². The third kappa shape index (κ3) is 5.08. The Hall–Kier alpha value is -2.39. The number of allylic oxidation sites excluding steroid dienone is 1. The van der Waals surface area contributed by atoms with Crippen molar-refractivity contribution in [3.63, 3.8) is 0 Å². The van der Waals surface area contributed by atoms with Gasteiger partial charge in [-0.05, 0) is 50.8 Å². The van der Waals surface area contributed by atoms with Gasteiger partial charge in [0.1, 0.15) is 0 Å². The predicted octanol–water partition coefficient (Wildman–Crippen LogP) is 4.69. The lowest BCUT2D eigenvalue weighted by atomic mass is 10.0. The maximum absolute atomic E-state index is 13.0. The maximum Gasteiger partial charge on any atom is 0.253 e. The van der Waals surface area contributed by atoms with Crippen molar-refractivity contribution in [1.82, 2.24) is 4.90 Å². The molecule has 3 heteroatoms. The van der Waals surface area contributed by atoms with Crippen molar-refractivity contribution in [2.24, 2.45) is 0 Å². The van der Waals surface area contributed by atoms with Crippen LogP contribution in [0.25, 0.3) is 0 Å². The Morgan fingerprint density at radius 3 is 2.22 bits per heavy atom. The van der Waals surface area contributed by atoms with Gasteiger partial charge in [-0.2, -0.15) is 0 Å². The number of benzene rings is 2. The number of carbonyl (C=O) groups excluding carboxylic acids is 1. The van der Waals surface area contributed by atoms with Crippen LogP contribution in [0.15, 0.2) is 72.3 Å². The van der Waals surface area contributed by atoms with E-state index in [1.54, 1.807) is 0 Å². The van der Waals surface area contributed by atoms with Gasteiger partial charge in [0, 0.05) is 36.9 Å². The molecular weight excluding hydrogens is 332 g/mol. The van der Waals surface area contributed by atoms with Crippen molar-refractivity contribution in [3.05, 3.63) is 77.9 Å². The van der Waals surface area contributed by atoms with Gasteiger partial charge in [0.15, 0.2) is 0 Å². The molecule has 1 aliphatic rings. The smallest absolute Gasteiger partial charge is 0.253 e. The molecule has 1 heterocycles. The standard InChI is InChI=1S/C24H30N2O/c1-3-20(2)24(27)26(22-12-8-5-9-13-22)23-15-18-25(19-16-23)17-14-21-10-6-4-7-11-21/h3-13,23H,14-19H2,1-2H3/b20-3+. The van der Waals surface area contributed by atoms with Crippen LogP contribution in [-0.2, 0) is 11.2 Å². The monoisotopic (exact) mass is 362 g/mol. The second-order valence-electron chi connectivity index (χ2n) is 7.29. The molecule has 3 rings (SSSR count). The summed E-state index contributed by atoms with van der Waals surface area (Å²) in [5.41, 5.74) is 3.21. The number of anilines is 1. The molecule has 1 saturated heterocycles. The quantitative estimate of drug-likeness (QED) is 0.696. The molecule has 0 aliphatic carbocycles. The number of rotatable bonds is 6. The zero-order chi connectivity index (χ0) is 19.1. The van der Waals surface area contributed by atoms with Crippen molar-refractivity contribution in [2.75, 3.05) is 24.5 Å². The van der Waals surface area contributed by atoms with Crippen molar-refractivity contribution < 1.29 is 4.79 Å². The van der Waals surface area contributed by atoms with Crippen LogP contribution >= 0.6 is 0 Å². The van der Waals surface area contributed by atoms with Crippen LogP contribution in [0.4, 0.5) is 5.69 Å². The zero-order valence-corrected chi connectivity index (χ0v) is 16.5. The molecule has 0 spiro atoms. The van der Waals surface area contributed by atoms with Gasteiger partial charge in [0.05, 0.1) is 0 Å². The number of para-hydroxylation sites is 1. The molecule has 0 bridgehead atoms. The number of hydrogen-bond acceptors (Lipinski definition) is 2. The minimum atomic E-state index is 0.131. The normalized spacial score (nSPS) is 16.3. The highest BCUT2D eigenvalue weighted by molar-refractivity contribution is 6.05. The van der Waals surface area contributed by atoms with Crippen LogP contribution < -0.4 is 4.90 Å². The molecule has 1 amide bonds. The maximum atomic E-state index is 13.0. The molecule has 27 heavy (non-hydrogen) atoms. The van der Waals surface area contributed by atoms with Gasteiger partial charge in [0.25, 0.3) is 5.91 Å². The van der Waals surface area contributed by atoms with Gasteiger partial charge in [-0.1, -0.05) is 54.6 Å². The lowest BCUT2D eigenvalue weighted by Gasteiger charge is -2.39. The molecule has 2 aromatic carbocycles. The van der Waals surface area contributed by atoms with E-state index < -0.39 is 0 Å². The van der Waals surface area contributed by atoms with Crippen molar-refractivity contribution >= 4 is 11.6 Å². The first-order valence-corrected chi connectivity index (χ1v) is 9.97. The van der Waals surface area contributed by atoms with Gasteiger partial charge >= 0.3 is 0 Å². The Labute approximate surface area is 163 Å². The molecule has 0 aromatic heterocycles. The second kappa shape index (κ2) is 9.52. The lowest BCUT2D eigenvalue weighted by molar-refractivity contribution is -0.115. The highest BCUT2D eigenvalue weighted by Gasteiger charge is 2.29. The average Bonchev–Trinajstić information content (AvgIpc) is 2.74. The highest BCUT2D eigenvalue weighted by Crippen LogP contribution is 2.25. The topological polar surface area (TPSA) is 23.6 Å². The summed E-state index contributed by atoms with van der Waals surface area (Å²) < 4.78 is 0. The third-order valence-electron chi connectivity index (χ3n) is 5.51. The van der Waals surface area contributed by atoms with Crippen LogP contribution in [0, 0.1) is 0 Å². The predicted molar refractivity (Wildman–Crippen MR) is 113 cm³/mol. The van der Waals surface area contributed by atoms with E-state index in [-0.39, 0.29) is 11.9 Å². The van der Waals surface area contributed by atoms with Gasteiger partial charge in [0.2, 0.25) is 0 Å². The van der Waals surface area contributed by atoms with E-state index in [0.29, 0.717) is 0 Å². The fourth-order valence-electron chi connectivity index (χ4n) is 3.73. The highest BCUT2D eigenvalue weighted by atomic mass is 16.2. The summed E-state index contributed by atoms with van der Waals surface area (Å²) in [6, 6.07) is 21.0. The van der Waals surface area contributed by atoms with Gasteiger partial charge in [-0.25, -0.2) is 0 Å². The van der Waals surface area contributed by atoms with E-state index >= 15 is 0 Å². The molecule has 2 aromatic rings. The molecule has 1 fully saturated rings. The van der Waals surface area contributed by atoms with Crippen molar-refractivity contribution in [2.45, 2.75) is 39.2 Å². The summed E-state index contributed by atoms with van der Waals surface area (Å²) in [6.45, 7) is 7.02. The molecule has 0 saturated carbocycles. The largest absolute Gasteiger partial charge is 0.306 e. The summed E-state index contributed by atoms with van der Waals surface area (Å²) >= 11 is 0. The molecular formula is C24H30N2O. The van der Waals surface area contributed by atoms with E-state index in [2.05, 4.69) is 35.2 Å². The number of hydrogen-bond donors (Lipinski definition) is 0. The Kier molecular flexibility index (Phi) is 6.83. The lowest BCUT2D eigenvalue weighted by Crippen LogP contribution is -2.48. The number of nitrogens with zero attached hydrogens (tertiary/aromatic N) is 2. The van der Waals surface area contributed by atoms with Gasteiger partial charge in [-0.15, -0.1) is 0 Å². The molecule has 1 aliphatic heterocycles. The molecule has 142 valence electrons. The Morgan fingerprint density at radius 1 is 1.04 bits per heavy atom. The molecule has 0 N–H and O–H groups in total. The fourth-order valence-corrected chi connectivity index (χ4v) is 3.73. The number of carbonyl (C=O) groups is 1. The Morgan fingerprint density at radius 2 is 1.63 bits per heavy atom.